The summed E-state index contributed by atoms with van der Waals surface area (Å²) in [6.07, 6.45) is 8.76. The molecule has 0 saturated heterocycles. The molecule has 0 aliphatic heterocycles. The van der Waals surface area contributed by atoms with Crippen LogP contribution in [0.2, 0.25) is 0 Å². The highest BCUT2D eigenvalue weighted by atomic mass is 79.9. The van der Waals surface area contributed by atoms with Gasteiger partial charge in [0.25, 0.3) is 0 Å². The van der Waals surface area contributed by atoms with Crippen LogP contribution in [0.4, 0.5) is 0 Å². The molecule has 1 aromatic rings. The zero-order valence-electron chi connectivity index (χ0n) is 8.17. The van der Waals surface area contributed by atoms with Crippen molar-refractivity contribution in [2.45, 2.75) is 31.1 Å². The molecule has 0 unspecified atom stereocenters. The molecule has 2 rings (SSSR count). The Morgan fingerprint density at radius 2 is 2.14 bits per heavy atom. The van der Waals surface area contributed by atoms with E-state index in [4.69, 9.17) is 5.73 Å². The summed E-state index contributed by atoms with van der Waals surface area (Å²) in [5, 5.41) is 0. The molecule has 2 N–H and O–H groups in total. The van der Waals surface area contributed by atoms with Crippen molar-refractivity contribution in [2.75, 3.05) is 6.54 Å². The number of rotatable bonds is 2. The predicted octanol–water partition coefficient (Wildman–Crippen LogP) is 2.61. The number of halogens is 1. The lowest BCUT2D eigenvalue weighted by atomic mass is 9.80. The third-order valence-electron chi connectivity index (χ3n) is 3.29. The lowest BCUT2D eigenvalue weighted by Crippen LogP contribution is -2.32. The van der Waals surface area contributed by atoms with E-state index in [-0.39, 0.29) is 5.41 Å². The predicted molar refractivity (Wildman–Crippen MR) is 61.1 cm³/mol. The molecular weight excluding hydrogens is 240 g/mol. The van der Waals surface area contributed by atoms with Gasteiger partial charge in [0.1, 0.15) is 0 Å². The number of nitrogens with two attached hydrogens (primary N) is 1. The fourth-order valence-corrected chi connectivity index (χ4v) is 3.04. The fraction of sp³-hybridized carbons (Fsp3) is 0.545. The van der Waals surface area contributed by atoms with E-state index >= 15 is 0 Å². The van der Waals surface area contributed by atoms with Crippen LogP contribution in [0.15, 0.2) is 22.9 Å². The van der Waals surface area contributed by atoms with E-state index in [1.807, 2.05) is 18.5 Å². The molecule has 2 nitrogen and oxygen atoms in total. The summed E-state index contributed by atoms with van der Waals surface area (Å²) in [4.78, 5) is 4.20. The van der Waals surface area contributed by atoms with Gasteiger partial charge in [0.2, 0.25) is 0 Å². The van der Waals surface area contributed by atoms with E-state index < -0.39 is 0 Å². The van der Waals surface area contributed by atoms with Gasteiger partial charge >= 0.3 is 0 Å². The Balaban J connectivity index is 2.41. The quantitative estimate of drug-likeness (QED) is 0.882. The largest absolute Gasteiger partial charge is 0.330 e. The zero-order valence-corrected chi connectivity index (χ0v) is 9.76. The molecule has 1 aliphatic rings. The Morgan fingerprint density at radius 1 is 1.43 bits per heavy atom. The van der Waals surface area contributed by atoms with Gasteiger partial charge in [-0.05, 0) is 24.5 Å². The number of pyridine rings is 1. The normalized spacial score (nSPS) is 19.9. The molecule has 1 heterocycles. The molecule has 0 atom stereocenters. The van der Waals surface area contributed by atoms with Crippen molar-refractivity contribution in [3.05, 3.63) is 28.5 Å². The van der Waals surface area contributed by atoms with Gasteiger partial charge < -0.3 is 5.73 Å². The minimum absolute atomic E-state index is 0.188. The molecule has 76 valence electrons. The van der Waals surface area contributed by atoms with E-state index in [2.05, 4.69) is 20.9 Å². The minimum Gasteiger partial charge on any atom is -0.330 e. The van der Waals surface area contributed by atoms with Crippen LogP contribution < -0.4 is 5.73 Å². The Kier molecular flexibility index (Phi) is 2.88. The molecule has 0 radical (unpaired) electrons. The monoisotopic (exact) mass is 254 g/mol. The first-order chi connectivity index (χ1) is 6.78. The first kappa shape index (κ1) is 10.1. The molecule has 1 aromatic heterocycles. The van der Waals surface area contributed by atoms with Gasteiger partial charge in [-0.2, -0.15) is 0 Å². The highest BCUT2D eigenvalue weighted by Crippen LogP contribution is 2.42. The number of aromatic nitrogens is 1. The van der Waals surface area contributed by atoms with Crippen LogP contribution in [0.3, 0.4) is 0 Å². The maximum atomic E-state index is 5.92. The lowest BCUT2D eigenvalue weighted by Gasteiger charge is -2.28. The Hall–Kier alpha value is -0.410. The van der Waals surface area contributed by atoms with E-state index in [0.717, 1.165) is 11.0 Å². The first-order valence-corrected chi connectivity index (χ1v) is 5.88. The molecule has 0 bridgehead atoms. The summed E-state index contributed by atoms with van der Waals surface area (Å²) in [5.74, 6) is 0. The Morgan fingerprint density at radius 3 is 2.71 bits per heavy atom. The molecular formula is C11H15BrN2. The van der Waals surface area contributed by atoms with Gasteiger partial charge in [-0.15, -0.1) is 0 Å². The van der Waals surface area contributed by atoms with Crippen LogP contribution in [-0.2, 0) is 5.41 Å². The molecule has 14 heavy (non-hydrogen) atoms. The fourth-order valence-electron chi connectivity index (χ4n) is 2.40. The second kappa shape index (κ2) is 3.99. The van der Waals surface area contributed by atoms with Crippen molar-refractivity contribution in [3.63, 3.8) is 0 Å². The molecule has 0 amide bonds. The highest BCUT2D eigenvalue weighted by Gasteiger charge is 2.35. The SMILES string of the molecule is NCC1(c2cnccc2Br)CCCC1. The van der Waals surface area contributed by atoms with Gasteiger partial charge in [0.15, 0.2) is 0 Å². The second-order valence-electron chi connectivity index (χ2n) is 4.05. The van der Waals surface area contributed by atoms with E-state index in [0.29, 0.717) is 0 Å². The van der Waals surface area contributed by atoms with Crippen molar-refractivity contribution >= 4 is 15.9 Å². The van der Waals surface area contributed by atoms with Crippen LogP contribution in [0.1, 0.15) is 31.2 Å². The lowest BCUT2D eigenvalue weighted by molar-refractivity contribution is 0.449. The van der Waals surface area contributed by atoms with Crippen LogP contribution in [0.5, 0.6) is 0 Å². The van der Waals surface area contributed by atoms with Crippen LogP contribution in [0, 0.1) is 0 Å². The smallest absolute Gasteiger partial charge is 0.0317 e. The van der Waals surface area contributed by atoms with Gasteiger partial charge in [0.05, 0.1) is 0 Å². The van der Waals surface area contributed by atoms with Crippen LogP contribution in [-0.4, -0.2) is 11.5 Å². The Bertz CT molecular complexity index is 319. The summed E-state index contributed by atoms with van der Waals surface area (Å²) in [6.45, 7) is 0.733. The number of nitrogens with zero attached hydrogens (tertiary/aromatic N) is 1. The maximum absolute atomic E-state index is 5.92. The average molecular weight is 255 g/mol. The van der Waals surface area contributed by atoms with Crippen molar-refractivity contribution < 1.29 is 0 Å². The minimum atomic E-state index is 0.188. The van der Waals surface area contributed by atoms with Gasteiger partial charge in [-0.1, -0.05) is 28.8 Å². The second-order valence-corrected chi connectivity index (χ2v) is 4.90. The summed E-state index contributed by atoms with van der Waals surface area (Å²) >= 11 is 3.59. The number of hydrogen-bond donors (Lipinski definition) is 1. The van der Waals surface area contributed by atoms with E-state index in [9.17, 15) is 0 Å². The maximum Gasteiger partial charge on any atom is 0.0317 e. The first-order valence-electron chi connectivity index (χ1n) is 5.08. The van der Waals surface area contributed by atoms with Gasteiger partial charge in [-0.3, -0.25) is 4.98 Å². The molecule has 3 heteroatoms. The van der Waals surface area contributed by atoms with Crippen molar-refractivity contribution in [3.8, 4) is 0 Å². The summed E-state index contributed by atoms with van der Waals surface area (Å²) in [7, 11) is 0. The highest BCUT2D eigenvalue weighted by molar-refractivity contribution is 9.10. The molecule has 0 spiro atoms. The summed E-state index contributed by atoms with van der Waals surface area (Å²) < 4.78 is 1.15. The van der Waals surface area contributed by atoms with E-state index in [1.165, 1.54) is 31.2 Å². The van der Waals surface area contributed by atoms with Gasteiger partial charge in [-0.25, -0.2) is 0 Å². The third kappa shape index (κ3) is 1.59. The van der Waals surface area contributed by atoms with Gasteiger partial charge in [0, 0.05) is 28.8 Å². The third-order valence-corrected chi connectivity index (χ3v) is 3.98. The standard InChI is InChI=1S/C11H15BrN2/c12-10-3-6-14-7-9(10)11(8-13)4-1-2-5-11/h3,6-7H,1-2,4-5,8,13H2. The van der Waals surface area contributed by atoms with Crippen molar-refractivity contribution in [2.24, 2.45) is 5.73 Å². The van der Waals surface area contributed by atoms with E-state index in [1.54, 1.807) is 0 Å². The summed E-state index contributed by atoms with van der Waals surface area (Å²) in [6, 6.07) is 2.01. The molecule has 0 aromatic carbocycles. The molecule has 1 aliphatic carbocycles. The van der Waals surface area contributed by atoms with Crippen LogP contribution >= 0.6 is 15.9 Å². The van der Waals surface area contributed by atoms with Crippen molar-refractivity contribution in [1.82, 2.24) is 4.98 Å². The van der Waals surface area contributed by atoms with Crippen molar-refractivity contribution in [1.29, 1.82) is 0 Å². The average Bonchev–Trinajstić information content (AvgIpc) is 2.68. The summed E-state index contributed by atoms with van der Waals surface area (Å²) in [5.41, 5.74) is 7.40. The Labute approximate surface area is 93.0 Å². The number of hydrogen-bond acceptors (Lipinski definition) is 2. The molecule has 1 fully saturated rings. The topological polar surface area (TPSA) is 38.9 Å². The zero-order chi connectivity index (χ0) is 10.0. The molecule has 1 saturated carbocycles. The van der Waals surface area contributed by atoms with Crippen LogP contribution in [0.25, 0.3) is 0 Å².